The van der Waals surface area contributed by atoms with E-state index in [0.717, 1.165) is 44.8 Å². The number of hydrogen-bond acceptors (Lipinski definition) is 6. The van der Waals surface area contributed by atoms with Gasteiger partial charge in [-0.2, -0.15) is 5.10 Å². The van der Waals surface area contributed by atoms with Crippen LogP contribution >= 0.6 is 0 Å². The Balaban J connectivity index is 1.41. The molecule has 126 valence electrons. The topological polar surface area (TPSA) is 80.0 Å². The van der Waals surface area contributed by atoms with E-state index in [0.29, 0.717) is 11.7 Å². The summed E-state index contributed by atoms with van der Waals surface area (Å²) in [6.07, 6.45) is 9.16. The Morgan fingerprint density at radius 2 is 1.75 bits per heavy atom. The molecule has 1 amide bonds. The fourth-order valence-electron chi connectivity index (χ4n) is 3.55. The van der Waals surface area contributed by atoms with E-state index in [-0.39, 0.29) is 5.92 Å². The summed E-state index contributed by atoms with van der Waals surface area (Å²) in [6.45, 7) is 3.12. The van der Waals surface area contributed by atoms with Gasteiger partial charge in [-0.05, 0) is 12.8 Å². The standard InChI is InChI=1S/C16H21N7O/c24-16(13-3-1-2-4-13)22-7-5-21(6-8-22)14-9-15(19-11-18-14)23-12-17-10-20-23/h9-13H,1-8H2. The average molecular weight is 327 g/mol. The molecule has 0 radical (unpaired) electrons. The molecule has 2 aliphatic rings. The van der Waals surface area contributed by atoms with E-state index in [4.69, 9.17) is 0 Å². The molecule has 8 nitrogen and oxygen atoms in total. The van der Waals surface area contributed by atoms with Gasteiger partial charge in [0.1, 0.15) is 24.8 Å². The molecule has 2 aromatic heterocycles. The zero-order chi connectivity index (χ0) is 16.4. The smallest absolute Gasteiger partial charge is 0.225 e. The molecule has 2 fully saturated rings. The second kappa shape index (κ2) is 6.54. The van der Waals surface area contributed by atoms with Crippen LogP contribution in [0.3, 0.4) is 0 Å². The predicted molar refractivity (Wildman–Crippen MR) is 87.7 cm³/mol. The minimum absolute atomic E-state index is 0.259. The van der Waals surface area contributed by atoms with Crippen LogP contribution in [0.15, 0.2) is 25.0 Å². The lowest BCUT2D eigenvalue weighted by Crippen LogP contribution is -2.50. The lowest BCUT2D eigenvalue weighted by molar-refractivity contribution is -0.135. The lowest BCUT2D eigenvalue weighted by atomic mass is 10.1. The first-order valence-corrected chi connectivity index (χ1v) is 8.52. The van der Waals surface area contributed by atoms with Crippen LogP contribution in [-0.4, -0.2) is 61.7 Å². The molecule has 0 bridgehead atoms. The summed E-state index contributed by atoms with van der Waals surface area (Å²) in [7, 11) is 0. The third-order valence-electron chi connectivity index (χ3n) is 4.91. The zero-order valence-corrected chi connectivity index (χ0v) is 13.6. The normalized spacial score (nSPS) is 19.0. The highest BCUT2D eigenvalue weighted by atomic mass is 16.2. The minimum Gasteiger partial charge on any atom is -0.353 e. The third-order valence-corrected chi connectivity index (χ3v) is 4.91. The molecule has 0 unspecified atom stereocenters. The Hall–Kier alpha value is -2.51. The van der Waals surface area contributed by atoms with Gasteiger partial charge in [0.15, 0.2) is 5.82 Å². The number of aromatic nitrogens is 5. The maximum atomic E-state index is 12.5. The molecular weight excluding hydrogens is 306 g/mol. The van der Waals surface area contributed by atoms with Gasteiger partial charge in [-0.1, -0.05) is 12.8 Å². The van der Waals surface area contributed by atoms with Gasteiger partial charge in [-0.15, -0.1) is 0 Å². The van der Waals surface area contributed by atoms with Crippen molar-refractivity contribution in [2.45, 2.75) is 25.7 Å². The second-order valence-electron chi connectivity index (χ2n) is 6.37. The third kappa shape index (κ3) is 2.95. The highest BCUT2D eigenvalue weighted by Crippen LogP contribution is 2.27. The SMILES string of the molecule is O=C(C1CCCC1)N1CCN(c2cc(-n3cncn3)ncn2)CC1. The van der Waals surface area contributed by atoms with E-state index in [1.54, 1.807) is 17.3 Å². The molecular formula is C16H21N7O. The maximum absolute atomic E-state index is 12.5. The highest BCUT2D eigenvalue weighted by Gasteiger charge is 2.29. The van der Waals surface area contributed by atoms with Gasteiger partial charge < -0.3 is 9.80 Å². The first kappa shape index (κ1) is 15.0. The number of amides is 1. The molecule has 0 atom stereocenters. The van der Waals surface area contributed by atoms with E-state index in [2.05, 4.69) is 25.0 Å². The Bertz CT molecular complexity index is 688. The first-order valence-electron chi connectivity index (χ1n) is 8.52. The minimum atomic E-state index is 0.259. The zero-order valence-electron chi connectivity index (χ0n) is 13.6. The number of anilines is 1. The molecule has 1 saturated heterocycles. The van der Waals surface area contributed by atoms with Crippen LogP contribution in [-0.2, 0) is 4.79 Å². The molecule has 4 rings (SSSR count). The van der Waals surface area contributed by atoms with Crippen molar-refractivity contribution < 1.29 is 4.79 Å². The molecule has 0 aromatic carbocycles. The van der Waals surface area contributed by atoms with Gasteiger partial charge in [0, 0.05) is 38.2 Å². The van der Waals surface area contributed by atoms with Gasteiger partial charge in [0.2, 0.25) is 5.91 Å². The summed E-state index contributed by atoms with van der Waals surface area (Å²) >= 11 is 0. The van der Waals surface area contributed by atoms with Crippen molar-refractivity contribution in [2.24, 2.45) is 5.92 Å². The average Bonchev–Trinajstić information content (AvgIpc) is 3.35. The maximum Gasteiger partial charge on any atom is 0.225 e. The Kier molecular flexibility index (Phi) is 4.10. The van der Waals surface area contributed by atoms with E-state index >= 15 is 0 Å². The van der Waals surface area contributed by atoms with Gasteiger partial charge in [-0.3, -0.25) is 4.79 Å². The molecule has 24 heavy (non-hydrogen) atoms. The summed E-state index contributed by atoms with van der Waals surface area (Å²) in [6, 6.07) is 1.91. The van der Waals surface area contributed by atoms with E-state index in [1.807, 2.05) is 11.0 Å². The van der Waals surface area contributed by atoms with Crippen LogP contribution in [0.5, 0.6) is 0 Å². The summed E-state index contributed by atoms with van der Waals surface area (Å²) in [4.78, 5) is 29.3. The van der Waals surface area contributed by atoms with Crippen LogP contribution in [0.4, 0.5) is 5.82 Å². The first-order chi connectivity index (χ1) is 11.8. The van der Waals surface area contributed by atoms with Crippen LogP contribution in [0.25, 0.3) is 5.82 Å². The van der Waals surface area contributed by atoms with Crippen LogP contribution in [0.1, 0.15) is 25.7 Å². The van der Waals surface area contributed by atoms with Crippen molar-refractivity contribution in [3.8, 4) is 5.82 Å². The van der Waals surface area contributed by atoms with Gasteiger partial charge >= 0.3 is 0 Å². The van der Waals surface area contributed by atoms with E-state index < -0.39 is 0 Å². The molecule has 1 saturated carbocycles. The molecule has 2 aromatic rings. The number of nitrogens with zero attached hydrogens (tertiary/aromatic N) is 7. The van der Waals surface area contributed by atoms with E-state index in [1.165, 1.54) is 19.2 Å². The molecule has 0 spiro atoms. The van der Waals surface area contributed by atoms with Gasteiger partial charge in [-0.25, -0.2) is 19.6 Å². The monoisotopic (exact) mass is 327 g/mol. The number of hydrogen-bond donors (Lipinski definition) is 0. The van der Waals surface area contributed by atoms with Gasteiger partial charge in [0.25, 0.3) is 0 Å². The molecule has 3 heterocycles. The second-order valence-corrected chi connectivity index (χ2v) is 6.37. The van der Waals surface area contributed by atoms with Crippen molar-refractivity contribution in [1.82, 2.24) is 29.6 Å². The van der Waals surface area contributed by atoms with Crippen molar-refractivity contribution in [3.05, 3.63) is 25.0 Å². The number of carbonyl (C=O) groups is 1. The van der Waals surface area contributed by atoms with Crippen LogP contribution < -0.4 is 4.90 Å². The van der Waals surface area contributed by atoms with Gasteiger partial charge in [0.05, 0.1) is 0 Å². The molecule has 8 heteroatoms. The largest absolute Gasteiger partial charge is 0.353 e. The van der Waals surface area contributed by atoms with Crippen molar-refractivity contribution in [2.75, 3.05) is 31.1 Å². The summed E-state index contributed by atoms with van der Waals surface area (Å²) in [5, 5.41) is 4.10. The predicted octanol–water partition coefficient (Wildman–Crippen LogP) is 0.896. The number of piperazine rings is 1. The van der Waals surface area contributed by atoms with Crippen molar-refractivity contribution in [1.29, 1.82) is 0 Å². The van der Waals surface area contributed by atoms with Crippen LogP contribution in [0.2, 0.25) is 0 Å². The van der Waals surface area contributed by atoms with E-state index in [9.17, 15) is 4.79 Å². The molecule has 1 aliphatic heterocycles. The quantitative estimate of drug-likeness (QED) is 0.833. The Morgan fingerprint density at radius 3 is 2.46 bits per heavy atom. The lowest BCUT2D eigenvalue weighted by Gasteiger charge is -2.36. The van der Waals surface area contributed by atoms with Crippen molar-refractivity contribution in [3.63, 3.8) is 0 Å². The number of rotatable bonds is 3. The number of carbonyl (C=O) groups excluding carboxylic acids is 1. The summed E-state index contributed by atoms with van der Waals surface area (Å²) in [5.74, 6) is 2.16. The molecule has 0 N–H and O–H groups in total. The summed E-state index contributed by atoms with van der Waals surface area (Å²) in [5.41, 5.74) is 0. The van der Waals surface area contributed by atoms with Crippen LogP contribution in [0, 0.1) is 5.92 Å². The Labute approximate surface area is 140 Å². The van der Waals surface area contributed by atoms with Crippen molar-refractivity contribution >= 4 is 11.7 Å². The fourth-order valence-corrected chi connectivity index (χ4v) is 3.55. The fraction of sp³-hybridized carbons (Fsp3) is 0.562. The Morgan fingerprint density at radius 1 is 1.00 bits per heavy atom. The summed E-state index contributed by atoms with van der Waals surface area (Å²) < 4.78 is 1.62. The molecule has 1 aliphatic carbocycles. The highest BCUT2D eigenvalue weighted by molar-refractivity contribution is 5.79.